The standard InChI is InChI=1S/C12H17BrN2O2S2/c1-9-4-3-5-15(8-9)19(16,17)11-6-10(7-14-2)18-12(11)13/h4,6,14H,3,5,7-8H2,1-2H3. The first kappa shape index (κ1) is 15.2. The van der Waals surface area contributed by atoms with Gasteiger partial charge in [-0.3, -0.25) is 0 Å². The van der Waals surface area contributed by atoms with E-state index in [0.29, 0.717) is 28.3 Å². The average molecular weight is 365 g/mol. The fourth-order valence-electron chi connectivity index (χ4n) is 2.06. The molecule has 0 aromatic carbocycles. The highest BCUT2D eigenvalue weighted by atomic mass is 79.9. The minimum atomic E-state index is -3.39. The Labute approximate surface area is 126 Å². The third-order valence-electron chi connectivity index (χ3n) is 2.97. The Morgan fingerprint density at radius 1 is 1.53 bits per heavy atom. The molecular formula is C12H17BrN2O2S2. The Kier molecular flexibility index (Phi) is 4.84. The van der Waals surface area contributed by atoms with Crippen LogP contribution in [0.3, 0.4) is 0 Å². The van der Waals surface area contributed by atoms with E-state index in [2.05, 4.69) is 27.3 Å². The molecule has 1 aromatic rings. The van der Waals surface area contributed by atoms with Crippen molar-refractivity contribution in [3.8, 4) is 0 Å². The molecule has 0 fully saturated rings. The van der Waals surface area contributed by atoms with E-state index in [1.54, 1.807) is 10.4 Å². The second-order valence-electron chi connectivity index (χ2n) is 4.56. The minimum Gasteiger partial charge on any atom is -0.315 e. The molecule has 1 N–H and O–H groups in total. The summed E-state index contributed by atoms with van der Waals surface area (Å²) in [5.41, 5.74) is 1.11. The molecule has 2 heterocycles. The lowest BCUT2D eigenvalue weighted by Crippen LogP contribution is -2.35. The van der Waals surface area contributed by atoms with Crippen molar-refractivity contribution in [2.24, 2.45) is 0 Å². The van der Waals surface area contributed by atoms with Gasteiger partial charge in [0.2, 0.25) is 10.0 Å². The summed E-state index contributed by atoms with van der Waals surface area (Å²) in [6.07, 6.45) is 2.89. The third-order valence-corrected chi connectivity index (χ3v) is 7.07. The van der Waals surface area contributed by atoms with Gasteiger partial charge < -0.3 is 5.32 Å². The molecule has 0 spiro atoms. The number of thiophene rings is 1. The van der Waals surface area contributed by atoms with Crippen LogP contribution in [0, 0.1) is 0 Å². The van der Waals surface area contributed by atoms with Crippen molar-refractivity contribution in [2.75, 3.05) is 20.1 Å². The van der Waals surface area contributed by atoms with Gasteiger partial charge in [-0.25, -0.2) is 8.42 Å². The van der Waals surface area contributed by atoms with Crippen LogP contribution in [-0.4, -0.2) is 32.9 Å². The second-order valence-corrected chi connectivity index (χ2v) is 8.92. The smallest absolute Gasteiger partial charge is 0.245 e. The Morgan fingerprint density at radius 3 is 2.89 bits per heavy atom. The molecule has 19 heavy (non-hydrogen) atoms. The highest BCUT2D eigenvalue weighted by Crippen LogP contribution is 2.34. The lowest BCUT2D eigenvalue weighted by molar-refractivity contribution is 0.428. The van der Waals surface area contributed by atoms with E-state index >= 15 is 0 Å². The molecule has 106 valence electrons. The molecule has 0 aliphatic carbocycles. The fraction of sp³-hybridized carbons (Fsp3) is 0.500. The first-order valence-electron chi connectivity index (χ1n) is 6.03. The van der Waals surface area contributed by atoms with Crippen LogP contribution >= 0.6 is 27.3 Å². The van der Waals surface area contributed by atoms with Gasteiger partial charge in [-0.05, 0) is 42.4 Å². The molecule has 7 heteroatoms. The van der Waals surface area contributed by atoms with E-state index in [4.69, 9.17) is 0 Å². The molecule has 0 unspecified atom stereocenters. The Balaban J connectivity index is 2.31. The number of halogens is 1. The Morgan fingerprint density at radius 2 is 2.26 bits per heavy atom. The van der Waals surface area contributed by atoms with Gasteiger partial charge in [0, 0.05) is 24.5 Å². The molecule has 4 nitrogen and oxygen atoms in total. The summed E-state index contributed by atoms with van der Waals surface area (Å²) >= 11 is 4.84. The van der Waals surface area contributed by atoms with E-state index in [1.165, 1.54) is 11.3 Å². The molecule has 0 atom stereocenters. The predicted molar refractivity (Wildman–Crippen MR) is 81.9 cm³/mol. The number of hydrogen-bond donors (Lipinski definition) is 1. The zero-order chi connectivity index (χ0) is 14.0. The van der Waals surface area contributed by atoms with Crippen LogP contribution in [0.2, 0.25) is 0 Å². The SMILES string of the molecule is CNCc1cc(S(=O)(=O)N2CCC=C(C)C2)c(Br)s1. The van der Waals surface area contributed by atoms with Crippen LogP contribution in [0.5, 0.6) is 0 Å². The van der Waals surface area contributed by atoms with Crippen LogP contribution < -0.4 is 5.32 Å². The van der Waals surface area contributed by atoms with Crippen molar-refractivity contribution in [1.29, 1.82) is 0 Å². The lowest BCUT2D eigenvalue weighted by Gasteiger charge is -2.25. The zero-order valence-electron chi connectivity index (χ0n) is 10.9. The molecular weight excluding hydrogens is 348 g/mol. The molecule has 2 rings (SSSR count). The van der Waals surface area contributed by atoms with Gasteiger partial charge in [0.15, 0.2) is 0 Å². The van der Waals surface area contributed by atoms with E-state index in [1.807, 2.05) is 14.0 Å². The van der Waals surface area contributed by atoms with Gasteiger partial charge >= 0.3 is 0 Å². The van der Waals surface area contributed by atoms with E-state index in [0.717, 1.165) is 16.9 Å². The number of hydrogen-bond acceptors (Lipinski definition) is 4. The highest BCUT2D eigenvalue weighted by Gasteiger charge is 2.29. The number of sulfonamides is 1. The highest BCUT2D eigenvalue weighted by molar-refractivity contribution is 9.11. The Hall–Kier alpha value is -0.210. The Bertz CT molecular complexity index is 593. The lowest BCUT2D eigenvalue weighted by atomic mass is 10.2. The maximum atomic E-state index is 12.6. The normalized spacial score (nSPS) is 17.5. The molecule has 1 aliphatic heterocycles. The molecule has 1 aliphatic rings. The van der Waals surface area contributed by atoms with E-state index < -0.39 is 10.0 Å². The quantitative estimate of drug-likeness (QED) is 0.835. The third kappa shape index (κ3) is 3.28. The van der Waals surface area contributed by atoms with Gasteiger partial charge in [-0.2, -0.15) is 4.31 Å². The summed E-state index contributed by atoms with van der Waals surface area (Å²) in [5.74, 6) is 0. The van der Waals surface area contributed by atoms with Crippen LogP contribution in [0.25, 0.3) is 0 Å². The number of nitrogens with one attached hydrogen (secondary N) is 1. The number of nitrogens with zero attached hydrogens (tertiary/aromatic N) is 1. The number of rotatable bonds is 4. The van der Waals surface area contributed by atoms with Crippen molar-refractivity contribution < 1.29 is 8.42 Å². The summed E-state index contributed by atoms with van der Waals surface area (Å²) < 4.78 is 27.5. The maximum absolute atomic E-state index is 12.6. The van der Waals surface area contributed by atoms with Crippen molar-refractivity contribution in [3.63, 3.8) is 0 Å². The van der Waals surface area contributed by atoms with Crippen molar-refractivity contribution in [3.05, 3.63) is 26.4 Å². The summed E-state index contributed by atoms with van der Waals surface area (Å²) in [5, 5.41) is 3.03. The van der Waals surface area contributed by atoms with Gasteiger partial charge in [0.05, 0.1) is 3.79 Å². The van der Waals surface area contributed by atoms with Crippen molar-refractivity contribution in [2.45, 2.75) is 24.8 Å². The van der Waals surface area contributed by atoms with E-state index in [-0.39, 0.29) is 0 Å². The van der Waals surface area contributed by atoms with Gasteiger partial charge in [-0.1, -0.05) is 11.6 Å². The topological polar surface area (TPSA) is 49.4 Å². The summed E-state index contributed by atoms with van der Waals surface area (Å²) in [6, 6.07) is 1.76. The zero-order valence-corrected chi connectivity index (χ0v) is 14.2. The van der Waals surface area contributed by atoms with Crippen LogP contribution in [0.1, 0.15) is 18.2 Å². The van der Waals surface area contributed by atoms with Crippen LogP contribution in [0.15, 0.2) is 26.4 Å². The molecule has 0 amide bonds. The molecule has 1 aromatic heterocycles. The van der Waals surface area contributed by atoms with Crippen molar-refractivity contribution >= 4 is 37.3 Å². The molecule has 0 bridgehead atoms. The minimum absolute atomic E-state index is 0.387. The van der Waals surface area contributed by atoms with Gasteiger partial charge in [-0.15, -0.1) is 11.3 Å². The van der Waals surface area contributed by atoms with E-state index in [9.17, 15) is 8.42 Å². The largest absolute Gasteiger partial charge is 0.315 e. The average Bonchev–Trinajstić information content (AvgIpc) is 2.71. The maximum Gasteiger partial charge on any atom is 0.245 e. The fourth-order valence-corrected chi connectivity index (χ4v) is 6.20. The summed E-state index contributed by atoms with van der Waals surface area (Å²) in [7, 11) is -1.55. The van der Waals surface area contributed by atoms with Gasteiger partial charge in [0.1, 0.15) is 4.90 Å². The van der Waals surface area contributed by atoms with Crippen LogP contribution in [0.4, 0.5) is 0 Å². The predicted octanol–water partition coefficient (Wildman–Crippen LogP) is 2.57. The first-order chi connectivity index (χ1) is 8.95. The first-order valence-corrected chi connectivity index (χ1v) is 9.08. The monoisotopic (exact) mass is 364 g/mol. The summed E-state index contributed by atoms with van der Waals surface area (Å²) in [6.45, 7) is 3.70. The summed E-state index contributed by atoms with van der Waals surface area (Å²) in [4.78, 5) is 1.40. The van der Waals surface area contributed by atoms with Crippen molar-refractivity contribution in [1.82, 2.24) is 9.62 Å². The molecule has 0 saturated heterocycles. The molecule has 0 radical (unpaired) electrons. The van der Waals surface area contributed by atoms with Gasteiger partial charge in [0.25, 0.3) is 0 Å². The molecule has 0 saturated carbocycles. The second kappa shape index (κ2) is 6.05. The van der Waals surface area contributed by atoms with Crippen LogP contribution in [-0.2, 0) is 16.6 Å².